The fraction of sp³-hybridized carbons (Fsp3) is 0.182. The molecule has 0 aromatic carbocycles. The number of hydrogen-bond donors (Lipinski definition) is 1. The number of rotatable bonds is 2. The average Bonchev–Trinajstić information content (AvgIpc) is 2.28. The second kappa shape index (κ2) is 4.55. The van der Waals surface area contributed by atoms with Crippen LogP contribution in [0.4, 0.5) is 5.82 Å². The van der Waals surface area contributed by atoms with Crippen LogP contribution < -0.4 is 11.4 Å². The molecule has 88 valence electrons. The van der Waals surface area contributed by atoms with E-state index in [1.54, 1.807) is 18.3 Å². The Labute approximate surface area is 103 Å². The quantitative estimate of drug-likeness (QED) is 0.870. The van der Waals surface area contributed by atoms with E-state index in [4.69, 9.17) is 17.3 Å². The highest BCUT2D eigenvalue weighted by molar-refractivity contribution is 6.31. The third-order valence-corrected chi connectivity index (χ3v) is 2.59. The summed E-state index contributed by atoms with van der Waals surface area (Å²) in [6, 6.07) is 3.27. The average molecular weight is 251 g/mol. The molecule has 6 heteroatoms. The van der Waals surface area contributed by atoms with E-state index >= 15 is 0 Å². The predicted octanol–water partition coefficient (Wildman–Crippen LogP) is 1.23. The molecule has 2 heterocycles. The highest BCUT2D eigenvalue weighted by Crippen LogP contribution is 2.15. The normalized spacial score (nSPS) is 10.5. The van der Waals surface area contributed by atoms with E-state index in [9.17, 15) is 4.79 Å². The van der Waals surface area contributed by atoms with Gasteiger partial charge in [0.05, 0.1) is 17.3 Å². The highest BCUT2D eigenvalue weighted by Gasteiger charge is 2.05. The molecule has 0 atom stereocenters. The maximum absolute atomic E-state index is 11.5. The number of halogens is 1. The number of aryl methyl sites for hydroxylation is 1. The van der Waals surface area contributed by atoms with Crippen LogP contribution in [-0.2, 0) is 6.54 Å². The van der Waals surface area contributed by atoms with Crippen LogP contribution in [-0.4, -0.2) is 14.5 Å². The van der Waals surface area contributed by atoms with Gasteiger partial charge in [0, 0.05) is 12.4 Å². The van der Waals surface area contributed by atoms with Crippen molar-refractivity contribution in [1.82, 2.24) is 14.5 Å². The van der Waals surface area contributed by atoms with Gasteiger partial charge in [-0.1, -0.05) is 11.6 Å². The molecule has 0 spiro atoms. The van der Waals surface area contributed by atoms with Gasteiger partial charge in [0.15, 0.2) is 0 Å². The van der Waals surface area contributed by atoms with Crippen LogP contribution in [0.5, 0.6) is 0 Å². The van der Waals surface area contributed by atoms with Gasteiger partial charge in [-0.25, -0.2) is 14.8 Å². The summed E-state index contributed by atoms with van der Waals surface area (Å²) >= 11 is 5.98. The van der Waals surface area contributed by atoms with Crippen molar-refractivity contribution in [1.29, 1.82) is 0 Å². The molecule has 0 unspecified atom stereocenters. The Bertz CT molecular complexity index is 609. The molecule has 0 saturated heterocycles. The summed E-state index contributed by atoms with van der Waals surface area (Å²) in [5.74, 6) is 0.373. The van der Waals surface area contributed by atoms with Gasteiger partial charge in [0.2, 0.25) is 0 Å². The van der Waals surface area contributed by atoms with Crippen molar-refractivity contribution in [2.75, 3.05) is 5.73 Å². The van der Waals surface area contributed by atoms with E-state index in [0.29, 0.717) is 16.5 Å². The van der Waals surface area contributed by atoms with Gasteiger partial charge in [-0.05, 0) is 24.6 Å². The first-order valence-corrected chi connectivity index (χ1v) is 5.38. The van der Waals surface area contributed by atoms with Crippen LogP contribution >= 0.6 is 11.6 Å². The molecule has 2 rings (SSSR count). The molecule has 0 fully saturated rings. The van der Waals surface area contributed by atoms with Gasteiger partial charge in [-0.15, -0.1) is 0 Å². The van der Waals surface area contributed by atoms with Crippen molar-refractivity contribution in [3.63, 3.8) is 0 Å². The van der Waals surface area contributed by atoms with Gasteiger partial charge < -0.3 is 5.73 Å². The molecule has 0 aliphatic carbocycles. The summed E-state index contributed by atoms with van der Waals surface area (Å²) in [5, 5.41) is 0.479. The summed E-state index contributed by atoms with van der Waals surface area (Å²) in [5.41, 5.74) is 6.69. The van der Waals surface area contributed by atoms with Gasteiger partial charge in [0.1, 0.15) is 5.82 Å². The molecule has 0 saturated carbocycles. The lowest BCUT2D eigenvalue weighted by molar-refractivity contribution is 0.706. The van der Waals surface area contributed by atoms with Crippen LogP contribution in [0.2, 0.25) is 5.02 Å². The molecule has 2 aromatic heterocycles. The number of hydrogen-bond acceptors (Lipinski definition) is 4. The Balaban J connectivity index is 2.41. The fourth-order valence-electron chi connectivity index (χ4n) is 1.45. The van der Waals surface area contributed by atoms with Crippen molar-refractivity contribution in [3.8, 4) is 0 Å². The minimum Gasteiger partial charge on any atom is -0.384 e. The number of pyridine rings is 1. The van der Waals surface area contributed by atoms with Crippen LogP contribution in [0.1, 0.15) is 11.3 Å². The zero-order valence-electron chi connectivity index (χ0n) is 9.22. The molecular formula is C11H11ClN4O. The van der Waals surface area contributed by atoms with Crippen molar-refractivity contribution in [3.05, 3.63) is 51.3 Å². The summed E-state index contributed by atoms with van der Waals surface area (Å²) in [7, 11) is 0. The van der Waals surface area contributed by atoms with E-state index in [2.05, 4.69) is 9.97 Å². The number of nitrogens with two attached hydrogens (primary N) is 1. The highest BCUT2D eigenvalue weighted by atomic mass is 35.5. The number of nitrogens with zero attached hydrogens (tertiary/aromatic N) is 3. The van der Waals surface area contributed by atoms with Crippen LogP contribution in [0.25, 0.3) is 0 Å². The van der Waals surface area contributed by atoms with Crippen LogP contribution in [0.15, 0.2) is 29.3 Å². The lowest BCUT2D eigenvalue weighted by atomic mass is 10.3. The maximum atomic E-state index is 11.5. The summed E-state index contributed by atoms with van der Waals surface area (Å²) < 4.78 is 1.45. The first kappa shape index (κ1) is 11.6. The number of anilines is 1. The fourth-order valence-corrected chi connectivity index (χ4v) is 1.62. The molecule has 2 aromatic rings. The lowest BCUT2D eigenvalue weighted by Gasteiger charge is -2.07. The Morgan fingerprint density at radius 3 is 3.00 bits per heavy atom. The minimum atomic E-state index is -0.337. The minimum absolute atomic E-state index is 0.261. The van der Waals surface area contributed by atoms with Crippen molar-refractivity contribution < 1.29 is 0 Å². The molecule has 0 aliphatic heterocycles. The number of nitrogen functional groups attached to an aromatic ring is 1. The smallest absolute Gasteiger partial charge is 0.347 e. The van der Waals surface area contributed by atoms with Gasteiger partial charge in [-0.2, -0.15) is 0 Å². The van der Waals surface area contributed by atoms with E-state index in [0.717, 1.165) is 5.56 Å². The zero-order chi connectivity index (χ0) is 12.4. The van der Waals surface area contributed by atoms with Crippen molar-refractivity contribution in [2.45, 2.75) is 13.5 Å². The Hall–Kier alpha value is -1.88. The molecule has 17 heavy (non-hydrogen) atoms. The number of aromatic nitrogens is 3. The van der Waals surface area contributed by atoms with Gasteiger partial charge >= 0.3 is 5.69 Å². The topological polar surface area (TPSA) is 73.8 Å². The summed E-state index contributed by atoms with van der Waals surface area (Å²) in [4.78, 5) is 19.4. The first-order chi connectivity index (χ1) is 8.06. The molecule has 2 N–H and O–H groups in total. The van der Waals surface area contributed by atoms with E-state index in [1.807, 2.05) is 6.92 Å². The summed E-state index contributed by atoms with van der Waals surface area (Å²) in [6.07, 6.45) is 3.23. The van der Waals surface area contributed by atoms with Crippen molar-refractivity contribution in [2.24, 2.45) is 0 Å². The Morgan fingerprint density at radius 2 is 2.24 bits per heavy atom. The Kier molecular flexibility index (Phi) is 3.10. The second-order valence-electron chi connectivity index (χ2n) is 3.71. The van der Waals surface area contributed by atoms with Crippen LogP contribution in [0, 0.1) is 6.92 Å². The molecule has 0 bridgehead atoms. The Morgan fingerprint density at radius 1 is 1.47 bits per heavy atom. The van der Waals surface area contributed by atoms with Crippen molar-refractivity contribution >= 4 is 17.4 Å². The molecule has 5 nitrogen and oxygen atoms in total. The summed E-state index contributed by atoms with van der Waals surface area (Å²) in [6.45, 7) is 2.12. The van der Waals surface area contributed by atoms with E-state index in [-0.39, 0.29) is 12.2 Å². The van der Waals surface area contributed by atoms with Crippen LogP contribution in [0.3, 0.4) is 0 Å². The largest absolute Gasteiger partial charge is 0.384 e. The second-order valence-corrected chi connectivity index (χ2v) is 4.11. The molecule has 0 amide bonds. The predicted molar refractivity (Wildman–Crippen MR) is 66.0 cm³/mol. The van der Waals surface area contributed by atoms with Gasteiger partial charge in [0.25, 0.3) is 0 Å². The van der Waals surface area contributed by atoms with E-state index in [1.165, 1.54) is 10.8 Å². The standard InChI is InChI=1S/C11H11ClN4O/c1-7-4-14-11(17)16(5-7)6-9-8(12)2-3-10(13)15-9/h2-5H,6H2,1H3,(H2,13,15). The lowest BCUT2D eigenvalue weighted by Crippen LogP contribution is -2.23. The maximum Gasteiger partial charge on any atom is 0.347 e. The van der Waals surface area contributed by atoms with Gasteiger partial charge in [-0.3, -0.25) is 4.57 Å². The third-order valence-electron chi connectivity index (χ3n) is 2.24. The SMILES string of the molecule is Cc1cnc(=O)n(Cc2nc(N)ccc2Cl)c1. The molecule has 0 aliphatic rings. The first-order valence-electron chi connectivity index (χ1n) is 5.00. The monoisotopic (exact) mass is 250 g/mol. The molecule has 0 radical (unpaired) electrons. The third kappa shape index (κ3) is 2.62. The van der Waals surface area contributed by atoms with E-state index < -0.39 is 0 Å². The zero-order valence-corrected chi connectivity index (χ0v) is 9.98. The molecular weight excluding hydrogens is 240 g/mol.